The lowest BCUT2D eigenvalue weighted by Crippen LogP contribution is -2.36. The van der Waals surface area contributed by atoms with E-state index in [1.54, 1.807) is 12.1 Å². The van der Waals surface area contributed by atoms with Gasteiger partial charge in [-0.05, 0) is 31.0 Å². The number of nitrogens with one attached hydrogen (secondary N) is 1. The van der Waals surface area contributed by atoms with E-state index >= 15 is 0 Å². The number of hydrogen-bond acceptors (Lipinski definition) is 7. The molecule has 0 aromatic heterocycles. The van der Waals surface area contributed by atoms with Gasteiger partial charge >= 0.3 is 5.97 Å². The van der Waals surface area contributed by atoms with Gasteiger partial charge in [-0.15, -0.1) is 0 Å². The van der Waals surface area contributed by atoms with E-state index < -0.39 is 4.92 Å². The van der Waals surface area contributed by atoms with Gasteiger partial charge in [-0.2, -0.15) is 0 Å². The Hall–Kier alpha value is -2.19. The molecule has 2 rings (SSSR count). The van der Waals surface area contributed by atoms with E-state index in [1.807, 2.05) is 4.90 Å². The summed E-state index contributed by atoms with van der Waals surface area (Å²) in [6.45, 7) is 1.31. The Morgan fingerprint density at radius 1 is 1.62 bits per heavy atom. The first-order valence-corrected chi connectivity index (χ1v) is 6.62. The van der Waals surface area contributed by atoms with Crippen molar-refractivity contribution >= 4 is 17.3 Å². The average molecular weight is 294 g/mol. The van der Waals surface area contributed by atoms with E-state index in [1.165, 1.54) is 13.2 Å². The van der Waals surface area contributed by atoms with Crippen LogP contribution in [0.4, 0.5) is 11.4 Å². The molecule has 1 fully saturated rings. The third-order valence-corrected chi connectivity index (χ3v) is 3.64. The number of hydrazine groups is 1. The monoisotopic (exact) mass is 294 g/mol. The number of hydrogen-bond donors (Lipinski definition) is 2. The van der Waals surface area contributed by atoms with Gasteiger partial charge in [-0.1, -0.05) is 6.07 Å². The maximum atomic E-state index is 11.7. The fraction of sp³-hybridized carbons (Fsp3) is 0.462. The van der Waals surface area contributed by atoms with Crippen LogP contribution in [0.5, 0.6) is 0 Å². The highest BCUT2D eigenvalue weighted by Gasteiger charge is 2.31. The first-order valence-electron chi connectivity index (χ1n) is 6.62. The smallest absolute Gasteiger partial charge is 0.323 e. The zero-order chi connectivity index (χ0) is 15.4. The summed E-state index contributed by atoms with van der Waals surface area (Å²) in [5, 5.41) is 10.9. The molecule has 1 aliphatic rings. The molecule has 1 unspecified atom stereocenters. The summed E-state index contributed by atoms with van der Waals surface area (Å²) in [4.78, 5) is 24.1. The molecule has 1 aromatic carbocycles. The van der Waals surface area contributed by atoms with Crippen molar-refractivity contribution in [1.29, 1.82) is 0 Å². The molecule has 0 aliphatic carbocycles. The van der Waals surface area contributed by atoms with Crippen molar-refractivity contribution in [3.63, 3.8) is 0 Å². The molecule has 1 aliphatic heterocycles. The lowest BCUT2D eigenvalue weighted by molar-refractivity contribution is -0.384. The minimum atomic E-state index is -0.494. The SMILES string of the molecule is COC(=O)C1CCCN1Cc1ccc([N+](=O)[O-])c(NN)c1. The number of nitrogens with zero attached hydrogens (tertiary/aromatic N) is 2. The lowest BCUT2D eigenvalue weighted by atomic mass is 10.1. The first-order chi connectivity index (χ1) is 10.1. The topological polar surface area (TPSA) is 111 Å². The molecule has 1 aromatic rings. The Labute approximate surface area is 122 Å². The van der Waals surface area contributed by atoms with Crippen LogP contribution in [0, 0.1) is 10.1 Å². The maximum Gasteiger partial charge on any atom is 0.323 e. The number of likely N-dealkylation sites (tertiary alicyclic amines) is 1. The number of nitrogen functional groups attached to an aromatic ring is 1. The highest BCUT2D eigenvalue weighted by molar-refractivity contribution is 5.76. The quantitative estimate of drug-likeness (QED) is 0.361. The molecule has 0 amide bonds. The zero-order valence-electron chi connectivity index (χ0n) is 11.7. The number of anilines is 1. The summed E-state index contributed by atoms with van der Waals surface area (Å²) in [6.07, 6.45) is 1.69. The van der Waals surface area contributed by atoms with Gasteiger partial charge in [0.05, 0.1) is 12.0 Å². The van der Waals surface area contributed by atoms with Gasteiger partial charge in [0.25, 0.3) is 5.69 Å². The Bertz CT molecular complexity index is 549. The van der Waals surface area contributed by atoms with Gasteiger partial charge in [-0.25, -0.2) is 0 Å². The largest absolute Gasteiger partial charge is 0.468 e. The Morgan fingerprint density at radius 2 is 2.38 bits per heavy atom. The van der Waals surface area contributed by atoms with E-state index in [0.717, 1.165) is 24.9 Å². The number of benzene rings is 1. The Balaban J connectivity index is 2.16. The number of esters is 1. The van der Waals surface area contributed by atoms with Crippen molar-refractivity contribution in [1.82, 2.24) is 4.90 Å². The third kappa shape index (κ3) is 3.29. The van der Waals surface area contributed by atoms with Gasteiger partial charge in [0.1, 0.15) is 11.7 Å². The molecular formula is C13H18N4O4. The summed E-state index contributed by atoms with van der Waals surface area (Å²) >= 11 is 0. The van der Waals surface area contributed by atoms with E-state index in [9.17, 15) is 14.9 Å². The summed E-state index contributed by atoms with van der Waals surface area (Å²) < 4.78 is 4.80. The molecule has 0 saturated carbocycles. The van der Waals surface area contributed by atoms with Crippen molar-refractivity contribution in [3.05, 3.63) is 33.9 Å². The summed E-state index contributed by atoms with van der Waals surface area (Å²) in [6, 6.07) is 4.46. The fourth-order valence-electron chi connectivity index (χ4n) is 2.61. The zero-order valence-corrected chi connectivity index (χ0v) is 11.7. The molecular weight excluding hydrogens is 276 g/mol. The van der Waals surface area contributed by atoms with Gasteiger partial charge in [0.15, 0.2) is 0 Å². The molecule has 1 heterocycles. The van der Waals surface area contributed by atoms with Crippen LogP contribution in [0.25, 0.3) is 0 Å². The summed E-state index contributed by atoms with van der Waals surface area (Å²) in [5.74, 6) is 5.08. The summed E-state index contributed by atoms with van der Waals surface area (Å²) in [7, 11) is 1.38. The fourth-order valence-corrected chi connectivity index (χ4v) is 2.61. The molecule has 0 bridgehead atoms. The van der Waals surface area contributed by atoms with Crippen LogP contribution in [0.15, 0.2) is 18.2 Å². The maximum absolute atomic E-state index is 11.7. The molecule has 114 valence electrons. The van der Waals surface area contributed by atoms with Crippen molar-refractivity contribution in [2.24, 2.45) is 5.84 Å². The molecule has 8 heteroatoms. The van der Waals surface area contributed by atoms with Crippen molar-refractivity contribution < 1.29 is 14.5 Å². The Kier molecular flexibility index (Phi) is 4.71. The lowest BCUT2D eigenvalue weighted by Gasteiger charge is -2.22. The minimum Gasteiger partial charge on any atom is -0.468 e. The van der Waals surface area contributed by atoms with Crippen molar-refractivity contribution in [2.45, 2.75) is 25.4 Å². The predicted octanol–water partition coefficient (Wildman–Crippen LogP) is 1.02. The van der Waals surface area contributed by atoms with Crippen LogP contribution in [0.1, 0.15) is 18.4 Å². The molecule has 0 radical (unpaired) electrons. The van der Waals surface area contributed by atoms with Gasteiger partial charge in [0.2, 0.25) is 0 Å². The molecule has 1 saturated heterocycles. The van der Waals surface area contributed by atoms with Crippen LogP contribution in [0.3, 0.4) is 0 Å². The normalized spacial score (nSPS) is 18.5. The van der Waals surface area contributed by atoms with E-state index in [0.29, 0.717) is 6.54 Å². The molecule has 3 N–H and O–H groups in total. The number of carbonyl (C=O) groups is 1. The average Bonchev–Trinajstić information content (AvgIpc) is 2.94. The van der Waals surface area contributed by atoms with Gasteiger partial charge in [-0.3, -0.25) is 25.7 Å². The number of nitro groups is 1. The number of carbonyl (C=O) groups excluding carboxylic acids is 1. The van der Waals surface area contributed by atoms with Crippen LogP contribution in [-0.4, -0.2) is 35.5 Å². The highest BCUT2D eigenvalue weighted by atomic mass is 16.6. The second-order valence-electron chi connectivity index (χ2n) is 4.90. The molecule has 21 heavy (non-hydrogen) atoms. The predicted molar refractivity (Wildman–Crippen MR) is 76.4 cm³/mol. The van der Waals surface area contributed by atoms with Crippen LogP contribution < -0.4 is 11.3 Å². The second kappa shape index (κ2) is 6.51. The molecule has 0 spiro atoms. The van der Waals surface area contributed by atoms with Gasteiger partial charge in [0, 0.05) is 12.6 Å². The number of ether oxygens (including phenoxy) is 1. The summed E-state index contributed by atoms with van der Waals surface area (Å²) in [5.41, 5.74) is 3.37. The number of rotatable bonds is 5. The number of nitrogens with two attached hydrogens (primary N) is 1. The first kappa shape index (κ1) is 15.2. The van der Waals surface area contributed by atoms with E-state index in [4.69, 9.17) is 10.6 Å². The Morgan fingerprint density at radius 3 is 3.00 bits per heavy atom. The standard InChI is InChI=1S/C13H18N4O4/c1-21-13(18)12-3-2-6-16(12)8-9-4-5-11(17(19)20)10(7-9)15-14/h4-5,7,12,15H,2-3,6,8,14H2,1H3. The van der Waals surface area contributed by atoms with Crippen molar-refractivity contribution in [3.8, 4) is 0 Å². The van der Waals surface area contributed by atoms with Crippen LogP contribution >= 0.6 is 0 Å². The van der Waals surface area contributed by atoms with Gasteiger partial charge < -0.3 is 10.2 Å². The van der Waals surface area contributed by atoms with Crippen LogP contribution in [-0.2, 0) is 16.1 Å². The second-order valence-corrected chi connectivity index (χ2v) is 4.90. The molecule has 1 atom stereocenters. The third-order valence-electron chi connectivity index (χ3n) is 3.64. The molecule has 8 nitrogen and oxygen atoms in total. The van der Waals surface area contributed by atoms with Crippen molar-refractivity contribution in [2.75, 3.05) is 19.1 Å². The minimum absolute atomic E-state index is 0.0767. The number of methoxy groups -OCH3 is 1. The number of nitro benzene ring substituents is 1. The highest BCUT2D eigenvalue weighted by Crippen LogP contribution is 2.27. The van der Waals surface area contributed by atoms with E-state index in [-0.39, 0.29) is 23.4 Å². The van der Waals surface area contributed by atoms with E-state index in [2.05, 4.69) is 5.43 Å². The van der Waals surface area contributed by atoms with Crippen LogP contribution in [0.2, 0.25) is 0 Å².